The van der Waals surface area contributed by atoms with Crippen LogP contribution in [0.25, 0.3) is 0 Å². The second-order valence-corrected chi connectivity index (χ2v) is 5.47. The number of benzene rings is 1. The summed E-state index contributed by atoms with van der Waals surface area (Å²) < 4.78 is 0. The van der Waals surface area contributed by atoms with E-state index in [2.05, 4.69) is 5.32 Å². The lowest BCUT2D eigenvalue weighted by atomic mass is 10.0. The smallest absolute Gasteiger partial charge is 0.223 e. The van der Waals surface area contributed by atoms with Crippen LogP contribution >= 0.6 is 24.0 Å². The Morgan fingerprint density at radius 2 is 2.20 bits per heavy atom. The first-order valence-corrected chi connectivity index (χ1v) is 7.30. The molecule has 1 saturated heterocycles. The summed E-state index contributed by atoms with van der Waals surface area (Å²) in [5, 5.41) is 4.03. The highest BCUT2D eigenvalue weighted by Crippen LogP contribution is 2.19. The summed E-state index contributed by atoms with van der Waals surface area (Å²) in [6.45, 7) is 5.35. The lowest BCUT2D eigenvalue weighted by Gasteiger charge is -2.23. The lowest BCUT2D eigenvalue weighted by Crippen LogP contribution is -2.32. The molecule has 1 aliphatic rings. The van der Waals surface area contributed by atoms with Gasteiger partial charge in [-0.25, -0.2) is 0 Å². The molecule has 1 aromatic rings. The number of carbonyl (C=O) groups is 1. The first-order valence-electron chi connectivity index (χ1n) is 6.92. The van der Waals surface area contributed by atoms with Gasteiger partial charge in [0, 0.05) is 24.5 Å². The molecule has 0 saturated carbocycles. The van der Waals surface area contributed by atoms with Crippen LogP contribution in [-0.2, 0) is 11.3 Å². The average molecular weight is 317 g/mol. The van der Waals surface area contributed by atoms with Crippen molar-refractivity contribution in [2.75, 3.05) is 19.6 Å². The molecule has 0 aliphatic carbocycles. The van der Waals surface area contributed by atoms with E-state index in [9.17, 15) is 4.79 Å². The molecule has 1 atom stereocenters. The van der Waals surface area contributed by atoms with Gasteiger partial charge in [0.25, 0.3) is 0 Å². The second-order valence-electron chi connectivity index (χ2n) is 5.06. The summed E-state index contributed by atoms with van der Waals surface area (Å²) >= 11 is 6.15. The maximum absolute atomic E-state index is 12.3. The third-order valence-electron chi connectivity index (χ3n) is 3.68. The van der Waals surface area contributed by atoms with Crippen LogP contribution in [0.3, 0.4) is 0 Å². The van der Waals surface area contributed by atoms with Gasteiger partial charge in [-0.15, -0.1) is 12.4 Å². The zero-order chi connectivity index (χ0) is 13.7. The summed E-state index contributed by atoms with van der Waals surface area (Å²) in [5.74, 6) is 0.726. The Balaban J connectivity index is 0.00000200. The number of hydrogen-bond acceptors (Lipinski definition) is 2. The lowest BCUT2D eigenvalue weighted by molar-refractivity contribution is -0.132. The fraction of sp³-hybridized carbons (Fsp3) is 0.533. The average Bonchev–Trinajstić information content (AvgIpc) is 2.90. The predicted octanol–water partition coefficient (Wildman–Crippen LogP) is 3.11. The van der Waals surface area contributed by atoms with Gasteiger partial charge < -0.3 is 10.2 Å². The fourth-order valence-corrected chi connectivity index (χ4v) is 2.67. The van der Waals surface area contributed by atoms with E-state index < -0.39 is 0 Å². The van der Waals surface area contributed by atoms with Crippen LogP contribution < -0.4 is 5.32 Å². The van der Waals surface area contributed by atoms with Gasteiger partial charge in [-0.1, -0.05) is 29.8 Å². The van der Waals surface area contributed by atoms with Crippen molar-refractivity contribution >= 4 is 29.9 Å². The minimum Gasteiger partial charge on any atom is -0.339 e. The molecule has 1 amide bonds. The van der Waals surface area contributed by atoms with E-state index in [4.69, 9.17) is 11.6 Å². The predicted molar refractivity (Wildman–Crippen MR) is 85.4 cm³/mol. The summed E-state index contributed by atoms with van der Waals surface area (Å²) in [6.07, 6.45) is 1.75. The highest BCUT2D eigenvalue weighted by molar-refractivity contribution is 6.31. The molecule has 1 N–H and O–H groups in total. The number of nitrogens with zero attached hydrogens (tertiary/aromatic N) is 1. The Kier molecular flexibility index (Phi) is 7.35. The molecule has 1 unspecified atom stereocenters. The summed E-state index contributed by atoms with van der Waals surface area (Å²) in [4.78, 5) is 14.2. The van der Waals surface area contributed by atoms with Gasteiger partial charge in [-0.05, 0) is 44.0 Å². The van der Waals surface area contributed by atoms with Crippen molar-refractivity contribution in [3.05, 3.63) is 34.9 Å². The van der Waals surface area contributed by atoms with Gasteiger partial charge in [0.1, 0.15) is 0 Å². The molecule has 1 fully saturated rings. The summed E-state index contributed by atoms with van der Waals surface area (Å²) in [5.41, 5.74) is 1.02. The van der Waals surface area contributed by atoms with Crippen LogP contribution in [0, 0.1) is 5.92 Å². The standard InChI is InChI=1S/C15H21ClN2O.ClH/c1-2-18(11-13-5-3-4-6-14(13)16)15(19)9-12-7-8-17-10-12;/h3-6,12,17H,2,7-11H2,1H3;1H. The van der Waals surface area contributed by atoms with Crippen LogP contribution in [0.2, 0.25) is 5.02 Å². The first kappa shape index (κ1) is 17.3. The first-order chi connectivity index (χ1) is 9.20. The molecule has 112 valence electrons. The topological polar surface area (TPSA) is 32.3 Å². The van der Waals surface area contributed by atoms with E-state index in [0.717, 1.165) is 36.6 Å². The van der Waals surface area contributed by atoms with Crippen LogP contribution in [0.1, 0.15) is 25.3 Å². The number of halogens is 2. The number of nitrogens with one attached hydrogen (secondary N) is 1. The molecule has 1 heterocycles. The van der Waals surface area contributed by atoms with E-state index in [-0.39, 0.29) is 18.3 Å². The second kappa shape index (κ2) is 8.50. The maximum atomic E-state index is 12.3. The van der Waals surface area contributed by atoms with Crippen molar-refractivity contribution < 1.29 is 4.79 Å². The van der Waals surface area contributed by atoms with Gasteiger partial charge in [0.15, 0.2) is 0 Å². The molecule has 0 spiro atoms. The summed E-state index contributed by atoms with van der Waals surface area (Å²) in [6, 6.07) is 7.72. The molecule has 3 nitrogen and oxygen atoms in total. The number of amides is 1. The van der Waals surface area contributed by atoms with Crippen LogP contribution in [0.5, 0.6) is 0 Å². The van der Waals surface area contributed by atoms with Crippen LogP contribution in [-0.4, -0.2) is 30.4 Å². The Bertz CT molecular complexity index is 434. The highest BCUT2D eigenvalue weighted by Gasteiger charge is 2.21. The molecule has 1 aromatic carbocycles. The van der Waals surface area contributed by atoms with Gasteiger partial charge in [0.2, 0.25) is 5.91 Å². The van der Waals surface area contributed by atoms with E-state index in [1.165, 1.54) is 0 Å². The van der Waals surface area contributed by atoms with Crippen molar-refractivity contribution in [2.45, 2.75) is 26.3 Å². The number of carbonyl (C=O) groups excluding carboxylic acids is 1. The molecule has 0 aromatic heterocycles. The third kappa shape index (κ3) is 4.65. The minimum absolute atomic E-state index is 0. The molecule has 0 bridgehead atoms. The Morgan fingerprint density at radius 1 is 1.45 bits per heavy atom. The van der Waals surface area contributed by atoms with E-state index in [1.807, 2.05) is 36.1 Å². The zero-order valence-corrected chi connectivity index (χ0v) is 13.3. The minimum atomic E-state index is 0. The maximum Gasteiger partial charge on any atom is 0.223 e. The Morgan fingerprint density at radius 3 is 2.80 bits per heavy atom. The molecule has 2 rings (SSSR count). The quantitative estimate of drug-likeness (QED) is 0.905. The Hall–Kier alpha value is -0.770. The number of hydrogen-bond donors (Lipinski definition) is 1. The van der Waals surface area contributed by atoms with E-state index >= 15 is 0 Å². The summed E-state index contributed by atoms with van der Waals surface area (Å²) in [7, 11) is 0. The fourth-order valence-electron chi connectivity index (χ4n) is 2.47. The van der Waals surface area contributed by atoms with Gasteiger partial charge in [-0.2, -0.15) is 0 Å². The van der Waals surface area contributed by atoms with Crippen molar-refractivity contribution in [2.24, 2.45) is 5.92 Å². The van der Waals surface area contributed by atoms with Gasteiger partial charge in [0.05, 0.1) is 0 Å². The third-order valence-corrected chi connectivity index (χ3v) is 4.05. The van der Waals surface area contributed by atoms with E-state index in [0.29, 0.717) is 18.9 Å². The van der Waals surface area contributed by atoms with Crippen molar-refractivity contribution in [3.63, 3.8) is 0 Å². The molecular weight excluding hydrogens is 295 g/mol. The number of rotatable bonds is 5. The van der Waals surface area contributed by atoms with Crippen LogP contribution in [0.4, 0.5) is 0 Å². The van der Waals surface area contributed by atoms with E-state index in [1.54, 1.807) is 0 Å². The van der Waals surface area contributed by atoms with Gasteiger partial charge >= 0.3 is 0 Å². The normalized spacial score (nSPS) is 17.6. The molecule has 5 heteroatoms. The largest absolute Gasteiger partial charge is 0.339 e. The Labute approximate surface area is 132 Å². The molecule has 1 aliphatic heterocycles. The molecule has 20 heavy (non-hydrogen) atoms. The SMILES string of the molecule is CCN(Cc1ccccc1Cl)C(=O)CC1CCNC1.Cl. The van der Waals surface area contributed by atoms with Crippen LogP contribution in [0.15, 0.2) is 24.3 Å². The zero-order valence-electron chi connectivity index (χ0n) is 11.8. The molecule has 0 radical (unpaired) electrons. The van der Waals surface area contributed by atoms with Crippen molar-refractivity contribution in [1.82, 2.24) is 10.2 Å². The highest BCUT2D eigenvalue weighted by atomic mass is 35.5. The van der Waals surface area contributed by atoms with Crippen molar-refractivity contribution in [3.8, 4) is 0 Å². The molecular formula is C15H22Cl2N2O. The van der Waals surface area contributed by atoms with Gasteiger partial charge in [-0.3, -0.25) is 4.79 Å². The monoisotopic (exact) mass is 316 g/mol. The van der Waals surface area contributed by atoms with Crippen molar-refractivity contribution in [1.29, 1.82) is 0 Å².